The van der Waals surface area contributed by atoms with Crippen molar-refractivity contribution in [2.24, 2.45) is 0 Å². The van der Waals surface area contributed by atoms with Crippen molar-refractivity contribution in [1.82, 2.24) is 9.97 Å². The molecule has 24 heavy (non-hydrogen) atoms. The molecule has 0 fully saturated rings. The van der Waals surface area contributed by atoms with Crippen LogP contribution in [-0.4, -0.2) is 9.97 Å². The third-order valence-electron chi connectivity index (χ3n) is 4.37. The summed E-state index contributed by atoms with van der Waals surface area (Å²) in [6, 6.07) is 10.1. The molecule has 0 amide bonds. The van der Waals surface area contributed by atoms with E-state index in [-0.39, 0.29) is 0 Å². The summed E-state index contributed by atoms with van der Waals surface area (Å²) in [5, 5.41) is 0.644. The minimum absolute atomic E-state index is 0.644. The second-order valence-electron chi connectivity index (χ2n) is 6.40. The molecule has 0 N–H and O–H groups in total. The van der Waals surface area contributed by atoms with Gasteiger partial charge in [-0.2, -0.15) is 0 Å². The molecule has 0 unspecified atom stereocenters. The Kier molecular flexibility index (Phi) is 8.24. The van der Waals surface area contributed by atoms with E-state index in [1.807, 2.05) is 30.3 Å². The average Bonchev–Trinajstić information content (AvgIpc) is 2.61. The molecule has 0 saturated carbocycles. The van der Waals surface area contributed by atoms with E-state index in [4.69, 9.17) is 16.6 Å². The van der Waals surface area contributed by atoms with Crippen LogP contribution < -0.4 is 0 Å². The van der Waals surface area contributed by atoms with Crippen molar-refractivity contribution >= 4 is 11.6 Å². The third kappa shape index (κ3) is 5.59. The predicted octanol–water partition coefficient (Wildman–Crippen LogP) is 6.65. The molecule has 0 aliphatic rings. The molecule has 2 nitrogen and oxygen atoms in total. The fourth-order valence-electron chi connectivity index (χ4n) is 2.94. The number of aromatic nitrogens is 2. The number of aryl methyl sites for hydroxylation is 1. The fourth-order valence-corrected chi connectivity index (χ4v) is 3.23. The van der Waals surface area contributed by atoms with Crippen LogP contribution >= 0.6 is 11.6 Å². The minimum atomic E-state index is 0.644. The molecule has 0 bridgehead atoms. The SMILES string of the molecule is CCCCCCc1nc(-c2ccccc2)nc(Cl)c1CCCCC. The van der Waals surface area contributed by atoms with Crippen molar-refractivity contribution in [2.75, 3.05) is 0 Å². The maximum atomic E-state index is 6.55. The molecule has 2 rings (SSSR count). The van der Waals surface area contributed by atoms with Crippen LogP contribution in [0.15, 0.2) is 30.3 Å². The van der Waals surface area contributed by atoms with Crippen molar-refractivity contribution in [3.63, 3.8) is 0 Å². The molecule has 0 radical (unpaired) electrons. The van der Waals surface area contributed by atoms with Gasteiger partial charge in [0.15, 0.2) is 5.82 Å². The summed E-state index contributed by atoms with van der Waals surface area (Å²) in [6.45, 7) is 4.47. The van der Waals surface area contributed by atoms with Gasteiger partial charge < -0.3 is 0 Å². The molecule has 1 heterocycles. The number of nitrogens with zero attached hydrogens (tertiary/aromatic N) is 2. The van der Waals surface area contributed by atoms with Crippen molar-refractivity contribution in [2.45, 2.75) is 71.6 Å². The maximum absolute atomic E-state index is 6.55. The van der Waals surface area contributed by atoms with Gasteiger partial charge in [-0.3, -0.25) is 0 Å². The van der Waals surface area contributed by atoms with E-state index in [2.05, 4.69) is 18.8 Å². The first-order valence-electron chi connectivity index (χ1n) is 9.37. The summed E-state index contributed by atoms with van der Waals surface area (Å²) in [5.41, 5.74) is 3.36. The quantitative estimate of drug-likeness (QED) is 0.356. The Hall–Kier alpha value is -1.41. The number of hydrogen-bond acceptors (Lipinski definition) is 2. The van der Waals surface area contributed by atoms with Gasteiger partial charge in [0, 0.05) is 16.8 Å². The summed E-state index contributed by atoms with van der Waals surface area (Å²) in [6.07, 6.45) is 10.6. The lowest BCUT2D eigenvalue weighted by Crippen LogP contribution is -2.05. The van der Waals surface area contributed by atoms with Crippen LogP contribution in [0.2, 0.25) is 5.15 Å². The van der Waals surface area contributed by atoms with Gasteiger partial charge in [0.1, 0.15) is 5.15 Å². The highest BCUT2D eigenvalue weighted by atomic mass is 35.5. The molecule has 1 aromatic carbocycles. The zero-order valence-corrected chi connectivity index (χ0v) is 15.8. The molecule has 0 aliphatic carbocycles. The third-order valence-corrected chi connectivity index (χ3v) is 4.68. The fraction of sp³-hybridized carbons (Fsp3) is 0.524. The van der Waals surface area contributed by atoms with Gasteiger partial charge in [-0.1, -0.05) is 87.9 Å². The summed E-state index contributed by atoms with van der Waals surface area (Å²) in [4.78, 5) is 9.47. The molecule has 130 valence electrons. The van der Waals surface area contributed by atoms with E-state index in [1.54, 1.807) is 0 Å². The Bertz CT molecular complexity index is 611. The predicted molar refractivity (Wildman–Crippen MR) is 104 cm³/mol. The summed E-state index contributed by atoms with van der Waals surface area (Å²) in [5.74, 6) is 0.755. The molecule has 1 aromatic heterocycles. The van der Waals surface area contributed by atoms with Crippen LogP contribution in [0.25, 0.3) is 11.4 Å². The highest BCUT2D eigenvalue weighted by molar-refractivity contribution is 6.30. The first-order valence-corrected chi connectivity index (χ1v) is 9.74. The first-order chi connectivity index (χ1) is 11.8. The molecule has 3 heteroatoms. The van der Waals surface area contributed by atoms with Gasteiger partial charge in [-0.25, -0.2) is 9.97 Å². The maximum Gasteiger partial charge on any atom is 0.161 e. The summed E-state index contributed by atoms with van der Waals surface area (Å²) in [7, 11) is 0. The lowest BCUT2D eigenvalue weighted by molar-refractivity contribution is 0.651. The Labute approximate surface area is 151 Å². The van der Waals surface area contributed by atoms with Crippen molar-refractivity contribution in [3.05, 3.63) is 46.7 Å². The summed E-state index contributed by atoms with van der Waals surface area (Å²) < 4.78 is 0. The number of hydrogen-bond donors (Lipinski definition) is 0. The van der Waals surface area contributed by atoms with E-state index >= 15 is 0 Å². The van der Waals surface area contributed by atoms with Gasteiger partial charge in [-0.05, 0) is 25.7 Å². The van der Waals surface area contributed by atoms with E-state index in [0.29, 0.717) is 5.15 Å². The number of halogens is 1. The van der Waals surface area contributed by atoms with Crippen LogP contribution in [0.1, 0.15) is 70.1 Å². The Balaban J connectivity index is 2.24. The smallest absolute Gasteiger partial charge is 0.161 e. The van der Waals surface area contributed by atoms with Crippen LogP contribution in [0.3, 0.4) is 0 Å². The number of benzene rings is 1. The van der Waals surface area contributed by atoms with Gasteiger partial charge in [0.2, 0.25) is 0 Å². The van der Waals surface area contributed by atoms with E-state index < -0.39 is 0 Å². The normalized spacial score (nSPS) is 11.0. The van der Waals surface area contributed by atoms with Crippen LogP contribution in [0.4, 0.5) is 0 Å². The van der Waals surface area contributed by atoms with Crippen molar-refractivity contribution in [3.8, 4) is 11.4 Å². The van der Waals surface area contributed by atoms with Crippen molar-refractivity contribution in [1.29, 1.82) is 0 Å². The largest absolute Gasteiger partial charge is 0.233 e. The van der Waals surface area contributed by atoms with Crippen molar-refractivity contribution < 1.29 is 0 Å². The van der Waals surface area contributed by atoms with E-state index in [0.717, 1.165) is 36.3 Å². The van der Waals surface area contributed by atoms with E-state index in [9.17, 15) is 0 Å². The first kappa shape index (κ1) is 18.9. The second kappa shape index (κ2) is 10.5. The summed E-state index contributed by atoms with van der Waals surface area (Å²) >= 11 is 6.55. The Morgan fingerprint density at radius 2 is 1.46 bits per heavy atom. The van der Waals surface area contributed by atoms with Crippen LogP contribution in [0, 0.1) is 0 Å². The van der Waals surface area contributed by atoms with E-state index in [1.165, 1.54) is 44.1 Å². The average molecular weight is 345 g/mol. The Morgan fingerprint density at radius 1 is 0.792 bits per heavy atom. The zero-order valence-electron chi connectivity index (χ0n) is 15.0. The van der Waals surface area contributed by atoms with Crippen LogP contribution in [-0.2, 0) is 12.8 Å². The molecule has 0 spiro atoms. The highest BCUT2D eigenvalue weighted by Crippen LogP contribution is 2.25. The number of unbranched alkanes of at least 4 members (excludes halogenated alkanes) is 5. The Morgan fingerprint density at radius 3 is 2.17 bits per heavy atom. The number of rotatable bonds is 10. The topological polar surface area (TPSA) is 25.8 Å². The standard InChI is InChI=1S/C21H29ClN2/c1-3-5-7-12-16-19-18(15-9-6-4-2)20(22)24-21(23-19)17-13-10-8-11-14-17/h8,10-11,13-14H,3-7,9,12,15-16H2,1-2H3. The lowest BCUT2D eigenvalue weighted by atomic mass is 10.0. The monoisotopic (exact) mass is 344 g/mol. The van der Waals surface area contributed by atoms with Gasteiger partial charge >= 0.3 is 0 Å². The second-order valence-corrected chi connectivity index (χ2v) is 6.76. The highest BCUT2D eigenvalue weighted by Gasteiger charge is 2.13. The zero-order chi connectivity index (χ0) is 17.2. The van der Waals surface area contributed by atoms with Gasteiger partial charge in [-0.15, -0.1) is 0 Å². The molecule has 0 aliphatic heterocycles. The minimum Gasteiger partial charge on any atom is -0.233 e. The van der Waals surface area contributed by atoms with Crippen LogP contribution in [0.5, 0.6) is 0 Å². The molecule has 0 saturated heterocycles. The molecular weight excluding hydrogens is 316 g/mol. The molecule has 2 aromatic rings. The molecular formula is C21H29ClN2. The van der Waals surface area contributed by atoms with Gasteiger partial charge in [0.05, 0.1) is 0 Å². The molecule has 0 atom stereocenters. The lowest BCUT2D eigenvalue weighted by Gasteiger charge is -2.12. The van der Waals surface area contributed by atoms with Gasteiger partial charge in [0.25, 0.3) is 0 Å².